The third-order valence-electron chi connectivity index (χ3n) is 5.10. The maximum atomic E-state index is 13.5. The number of phenolic OH excluding ortho intramolecular Hbond substituents is 1. The molecule has 1 aliphatic heterocycles. The number of esters is 1. The molecule has 164 valence electrons. The molecule has 0 unspecified atom stereocenters. The van der Waals surface area contributed by atoms with Crippen LogP contribution in [-0.2, 0) is 9.53 Å². The number of ether oxygens (including phenoxy) is 1. The predicted molar refractivity (Wildman–Crippen MR) is 135 cm³/mol. The summed E-state index contributed by atoms with van der Waals surface area (Å²) in [6, 6.07) is 12.4. The lowest BCUT2D eigenvalue weighted by Gasteiger charge is -2.25. The number of aromatic hydroxyl groups is 1. The van der Waals surface area contributed by atoms with Crippen LogP contribution in [-0.4, -0.2) is 22.8 Å². The van der Waals surface area contributed by atoms with E-state index in [-0.39, 0.29) is 11.3 Å². The van der Waals surface area contributed by atoms with Gasteiger partial charge in [-0.05, 0) is 74.3 Å². The van der Waals surface area contributed by atoms with Gasteiger partial charge in [0.2, 0.25) is 0 Å². The molecule has 1 atom stereocenters. The highest BCUT2D eigenvalue weighted by atomic mass is 127. The number of benzene rings is 2. The number of methoxy groups -OCH3 is 1. The summed E-state index contributed by atoms with van der Waals surface area (Å²) in [5.41, 5.74) is 2.33. The van der Waals surface area contributed by atoms with E-state index in [2.05, 4.69) is 20.9 Å². The van der Waals surface area contributed by atoms with Crippen molar-refractivity contribution in [1.29, 1.82) is 0 Å². The molecule has 0 bridgehead atoms. The van der Waals surface area contributed by atoms with Crippen molar-refractivity contribution in [1.82, 2.24) is 4.57 Å². The Morgan fingerprint density at radius 1 is 1.34 bits per heavy atom. The van der Waals surface area contributed by atoms with Gasteiger partial charge in [-0.2, -0.15) is 0 Å². The van der Waals surface area contributed by atoms with E-state index < -0.39 is 12.0 Å². The lowest BCUT2D eigenvalue weighted by Crippen LogP contribution is -2.40. The number of carbonyl (C=O) groups is 1. The van der Waals surface area contributed by atoms with Crippen molar-refractivity contribution in [3.8, 4) is 5.75 Å². The van der Waals surface area contributed by atoms with Crippen LogP contribution in [0.25, 0.3) is 6.08 Å². The van der Waals surface area contributed by atoms with E-state index in [1.165, 1.54) is 18.4 Å². The van der Waals surface area contributed by atoms with Crippen LogP contribution in [0.3, 0.4) is 0 Å². The van der Waals surface area contributed by atoms with E-state index in [0.29, 0.717) is 35.1 Å². The first-order valence-corrected chi connectivity index (χ1v) is 12.4. The largest absolute Gasteiger partial charge is 0.506 e. The number of carbonyl (C=O) groups excluding carboxylic acids is 1. The van der Waals surface area contributed by atoms with Gasteiger partial charge < -0.3 is 9.84 Å². The lowest BCUT2D eigenvalue weighted by atomic mass is 9.95. The molecular weight excluding hydrogens is 607 g/mol. The van der Waals surface area contributed by atoms with Gasteiger partial charge in [0.15, 0.2) is 4.80 Å². The summed E-state index contributed by atoms with van der Waals surface area (Å²) >= 11 is 6.66. The third-order valence-corrected chi connectivity index (χ3v) is 7.51. The molecule has 0 spiro atoms. The monoisotopic (exact) mass is 624 g/mol. The molecule has 9 heteroatoms. The second-order valence-corrected chi connectivity index (χ2v) is 10.1. The summed E-state index contributed by atoms with van der Waals surface area (Å²) in [4.78, 5) is 31.5. The molecule has 0 saturated heterocycles. The second kappa shape index (κ2) is 9.32. The molecule has 2 heterocycles. The van der Waals surface area contributed by atoms with Crippen molar-refractivity contribution < 1.29 is 14.6 Å². The van der Waals surface area contributed by atoms with Gasteiger partial charge in [0.1, 0.15) is 5.75 Å². The molecule has 3 aromatic rings. The van der Waals surface area contributed by atoms with Crippen LogP contribution >= 0.6 is 49.9 Å². The first-order valence-electron chi connectivity index (χ1n) is 9.71. The Kier molecular flexibility index (Phi) is 6.68. The van der Waals surface area contributed by atoms with E-state index in [1.54, 1.807) is 22.8 Å². The maximum absolute atomic E-state index is 13.5. The number of phenols is 1. The van der Waals surface area contributed by atoms with Crippen molar-refractivity contribution >= 4 is 61.9 Å². The average Bonchev–Trinajstić information content (AvgIpc) is 3.10. The Morgan fingerprint density at radius 3 is 2.69 bits per heavy atom. The Labute approximate surface area is 209 Å². The Balaban J connectivity index is 2.00. The SMILES string of the molecule is CCC1=C(C(=O)OC)[C@H](c2ccccc2)n2c(s/c(=C\c3cc(Br)c(O)c(I)c3)c2=O)=N1. The third kappa shape index (κ3) is 4.08. The topological polar surface area (TPSA) is 80.9 Å². The van der Waals surface area contributed by atoms with Crippen LogP contribution in [0.15, 0.2) is 68.0 Å². The molecule has 1 aliphatic rings. The standard InChI is InChI=1S/C23H18BrIN2O4S/c1-3-16-18(22(30)31-2)19(13-7-5-4-6-8-13)27-21(29)17(32-23(27)26-16)11-12-9-14(24)20(28)15(25)10-12/h4-11,19,28H,3H2,1-2H3/b17-11-/t19-/m0/s1. The smallest absolute Gasteiger partial charge is 0.338 e. The number of hydrogen-bond acceptors (Lipinski definition) is 6. The number of fused-ring (bicyclic) bond motifs is 1. The van der Waals surface area contributed by atoms with Gasteiger partial charge in [-0.25, -0.2) is 9.79 Å². The number of halogens is 2. The molecule has 0 fully saturated rings. The van der Waals surface area contributed by atoms with Gasteiger partial charge >= 0.3 is 5.97 Å². The van der Waals surface area contributed by atoms with E-state index in [1.807, 2.05) is 59.8 Å². The fraction of sp³-hybridized carbons (Fsp3) is 0.174. The summed E-state index contributed by atoms with van der Waals surface area (Å²) in [5, 5.41) is 10.0. The molecule has 6 nitrogen and oxygen atoms in total. The minimum absolute atomic E-state index is 0.156. The normalized spacial score (nSPS) is 16.0. The van der Waals surface area contributed by atoms with Crippen LogP contribution in [0.2, 0.25) is 0 Å². The zero-order chi connectivity index (χ0) is 23.0. The van der Waals surface area contributed by atoms with Crippen LogP contribution in [0.5, 0.6) is 5.75 Å². The molecule has 32 heavy (non-hydrogen) atoms. The van der Waals surface area contributed by atoms with Gasteiger partial charge in [0.05, 0.1) is 37.0 Å². The van der Waals surface area contributed by atoms with Crippen LogP contribution in [0.1, 0.15) is 30.5 Å². The summed E-state index contributed by atoms with van der Waals surface area (Å²) in [6.07, 6.45) is 2.30. The molecule has 0 amide bonds. The fourth-order valence-corrected chi connectivity index (χ4v) is 6.15. The van der Waals surface area contributed by atoms with E-state index in [0.717, 1.165) is 11.1 Å². The summed E-state index contributed by atoms with van der Waals surface area (Å²) in [7, 11) is 1.33. The number of hydrogen-bond donors (Lipinski definition) is 1. The number of thiazole rings is 1. The number of allylic oxidation sites excluding steroid dienone is 1. The minimum atomic E-state index is -0.622. The molecule has 4 rings (SSSR count). The molecule has 1 N–H and O–H groups in total. The van der Waals surface area contributed by atoms with E-state index in [9.17, 15) is 14.7 Å². The zero-order valence-corrected chi connectivity index (χ0v) is 21.7. The quantitative estimate of drug-likeness (QED) is 0.353. The minimum Gasteiger partial charge on any atom is -0.506 e. The van der Waals surface area contributed by atoms with Gasteiger partial charge in [-0.15, -0.1) is 0 Å². The first-order chi connectivity index (χ1) is 15.3. The van der Waals surface area contributed by atoms with Crippen molar-refractivity contribution in [2.24, 2.45) is 4.99 Å². The Morgan fingerprint density at radius 2 is 2.06 bits per heavy atom. The average molecular weight is 625 g/mol. The maximum Gasteiger partial charge on any atom is 0.338 e. The van der Waals surface area contributed by atoms with Gasteiger partial charge in [0.25, 0.3) is 5.56 Å². The van der Waals surface area contributed by atoms with Crippen molar-refractivity contribution in [2.45, 2.75) is 19.4 Å². The second-order valence-electron chi connectivity index (χ2n) is 7.03. The highest BCUT2D eigenvalue weighted by molar-refractivity contribution is 14.1. The molecule has 2 aromatic carbocycles. The Hall–Kier alpha value is -2.24. The van der Waals surface area contributed by atoms with Crippen LogP contribution in [0, 0.1) is 3.57 Å². The molecule has 0 radical (unpaired) electrons. The highest BCUT2D eigenvalue weighted by Gasteiger charge is 2.33. The predicted octanol–water partition coefficient (Wildman–Crippen LogP) is 3.87. The van der Waals surface area contributed by atoms with Crippen LogP contribution in [0.4, 0.5) is 0 Å². The molecule has 0 saturated carbocycles. The molecule has 1 aromatic heterocycles. The fourth-order valence-electron chi connectivity index (χ4n) is 3.63. The van der Waals surface area contributed by atoms with Crippen molar-refractivity contribution in [2.75, 3.05) is 7.11 Å². The summed E-state index contributed by atoms with van der Waals surface area (Å²) < 4.78 is 8.33. The van der Waals surface area contributed by atoms with Gasteiger partial charge in [0, 0.05) is 0 Å². The number of rotatable bonds is 4. The molecular formula is C23H18BrIN2O4S. The summed E-state index contributed by atoms with van der Waals surface area (Å²) in [5.74, 6) is -0.339. The van der Waals surface area contributed by atoms with Crippen molar-refractivity contribution in [3.63, 3.8) is 0 Å². The first kappa shape index (κ1) is 22.9. The Bertz CT molecular complexity index is 1400. The molecule has 0 aliphatic carbocycles. The zero-order valence-electron chi connectivity index (χ0n) is 17.1. The highest BCUT2D eigenvalue weighted by Crippen LogP contribution is 2.32. The number of aromatic nitrogens is 1. The van der Waals surface area contributed by atoms with Crippen molar-refractivity contribution in [3.05, 3.63) is 92.6 Å². The van der Waals surface area contributed by atoms with E-state index in [4.69, 9.17) is 4.74 Å². The van der Waals surface area contributed by atoms with Gasteiger partial charge in [-0.1, -0.05) is 48.6 Å². The van der Waals surface area contributed by atoms with Gasteiger partial charge in [-0.3, -0.25) is 9.36 Å². The number of nitrogens with zero attached hydrogens (tertiary/aromatic N) is 2. The summed E-state index contributed by atoms with van der Waals surface area (Å²) in [6.45, 7) is 1.92. The van der Waals surface area contributed by atoms with Crippen LogP contribution < -0.4 is 14.9 Å². The lowest BCUT2D eigenvalue weighted by molar-refractivity contribution is -0.136. The van der Waals surface area contributed by atoms with E-state index >= 15 is 0 Å².